The van der Waals surface area contributed by atoms with Gasteiger partial charge in [0.25, 0.3) is 11.6 Å². The van der Waals surface area contributed by atoms with Crippen molar-refractivity contribution in [2.75, 3.05) is 19.8 Å². The van der Waals surface area contributed by atoms with E-state index in [1.54, 1.807) is 6.92 Å². The molecule has 1 aliphatic rings. The molecule has 0 spiro atoms. The Morgan fingerprint density at radius 2 is 2.00 bits per heavy atom. The van der Waals surface area contributed by atoms with Crippen LogP contribution >= 0.6 is 11.3 Å². The molecule has 0 aliphatic carbocycles. The third kappa shape index (κ3) is 3.64. The number of carbonyl (C=O) groups is 1. The molecule has 0 bridgehead atoms. The van der Waals surface area contributed by atoms with E-state index in [0.29, 0.717) is 29.5 Å². The lowest BCUT2D eigenvalue weighted by atomic mass is 9.72. The van der Waals surface area contributed by atoms with Crippen molar-refractivity contribution < 1.29 is 14.5 Å². The lowest BCUT2D eigenvalue weighted by Crippen LogP contribution is -2.44. The van der Waals surface area contributed by atoms with E-state index in [0.717, 1.165) is 24.2 Å². The molecule has 1 N–H and O–H groups in total. The highest BCUT2D eigenvalue weighted by Crippen LogP contribution is 2.36. The summed E-state index contributed by atoms with van der Waals surface area (Å²) in [6.07, 6.45) is 1.67. The number of hydrogen-bond acceptors (Lipinski definition) is 5. The van der Waals surface area contributed by atoms with Gasteiger partial charge < -0.3 is 10.1 Å². The molecule has 2 aromatic rings. The molecule has 6 nitrogen and oxygen atoms in total. The first-order valence-electron chi connectivity index (χ1n) is 8.60. The Balaban J connectivity index is 1.80. The smallest absolute Gasteiger partial charge is 0.283 e. The van der Waals surface area contributed by atoms with E-state index in [4.69, 9.17) is 4.74 Å². The number of hydrogen-bond donors (Lipinski definition) is 1. The van der Waals surface area contributed by atoms with Crippen molar-refractivity contribution in [2.45, 2.75) is 32.1 Å². The van der Waals surface area contributed by atoms with Gasteiger partial charge >= 0.3 is 0 Å². The van der Waals surface area contributed by atoms with Crippen LogP contribution in [0.5, 0.6) is 0 Å². The standard InChI is InChI=1S/C19H22N2O4S/c1-13-5-3-4-6-15(13)19(7-9-25-10-8-19)12-20-18(22)17-11-16(21(23)24)14(2)26-17/h3-6,11H,7-10,12H2,1-2H3,(H,20,22). The number of aryl methyl sites for hydroxylation is 2. The molecule has 0 unspecified atom stereocenters. The number of ether oxygens (including phenoxy) is 1. The summed E-state index contributed by atoms with van der Waals surface area (Å²) in [6.45, 7) is 5.56. The van der Waals surface area contributed by atoms with E-state index in [1.807, 2.05) is 12.1 Å². The van der Waals surface area contributed by atoms with Gasteiger partial charge in [-0.05, 0) is 37.8 Å². The van der Waals surface area contributed by atoms with Crippen LogP contribution in [0.2, 0.25) is 0 Å². The van der Waals surface area contributed by atoms with Crippen molar-refractivity contribution in [1.29, 1.82) is 0 Å². The maximum absolute atomic E-state index is 12.6. The first-order valence-corrected chi connectivity index (χ1v) is 9.41. The van der Waals surface area contributed by atoms with Crippen molar-refractivity contribution in [3.63, 3.8) is 0 Å². The second kappa shape index (κ2) is 7.55. The molecule has 1 amide bonds. The molecular formula is C19H22N2O4S. The molecule has 3 rings (SSSR count). The third-order valence-corrected chi connectivity index (χ3v) is 6.10. The van der Waals surface area contributed by atoms with Crippen LogP contribution in [0.4, 0.5) is 5.69 Å². The number of carbonyl (C=O) groups excluding carboxylic acids is 1. The lowest BCUT2D eigenvalue weighted by molar-refractivity contribution is -0.385. The summed E-state index contributed by atoms with van der Waals surface area (Å²) in [7, 11) is 0. The highest BCUT2D eigenvalue weighted by molar-refractivity contribution is 7.14. The topological polar surface area (TPSA) is 81.5 Å². The van der Waals surface area contributed by atoms with E-state index in [9.17, 15) is 14.9 Å². The van der Waals surface area contributed by atoms with Gasteiger partial charge in [-0.3, -0.25) is 14.9 Å². The monoisotopic (exact) mass is 374 g/mol. The third-order valence-electron chi connectivity index (χ3n) is 5.07. The number of amides is 1. The summed E-state index contributed by atoms with van der Waals surface area (Å²) in [4.78, 5) is 24.1. The van der Waals surface area contributed by atoms with Crippen LogP contribution < -0.4 is 5.32 Å². The summed E-state index contributed by atoms with van der Waals surface area (Å²) in [6, 6.07) is 9.60. The second-order valence-electron chi connectivity index (χ2n) is 6.70. The van der Waals surface area contributed by atoms with Gasteiger partial charge in [-0.15, -0.1) is 11.3 Å². The quantitative estimate of drug-likeness (QED) is 0.638. The first-order chi connectivity index (χ1) is 12.4. The molecule has 0 radical (unpaired) electrons. The van der Waals surface area contributed by atoms with E-state index in [-0.39, 0.29) is 17.0 Å². The Bertz CT molecular complexity index is 825. The van der Waals surface area contributed by atoms with Gasteiger partial charge in [-0.1, -0.05) is 24.3 Å². The Kier molecular flexibility index (Phi) is 5.38. The fraction of sp³-hybridized carbons (Fsp3) is 0.421. The predicted octanol–water partition coefficient (Wildman–Crippen LogP) is 3.75. The van der Waals surface area contributed by atoms with Crippen LogP contribution in [0, 0.1) is 24.0 Å². The number of nitrogens with zero attached hydrogens (tertiary/aromatic N) is 1. The summed E-state index contributed by atoms with van der Waals surface area (Å²) in [5.74, 6) is -0.259. The van der Waals surface area contributed by atoms with E-state index in [2.05, 4.69) is 24.4 Å². The molecule has 7 heteroatoms. The summed E-state index contributed by atoms with van der Waals surface area (Å²) >= 11 is 1.16. The van der Waals surface area contributed by atoms with Crippen LogP contribution in [-0.4, -0.2) is 30.6 Å². The van der Waals surface area contributed by atoms with Gasteiger partial charge in [0.05, 0.1) is 14.7 Å². The number of nitro groups is 1. The largest absolute Gasteiger partial charge is 0.381 e. The SMILES string of the molecule is Cc1ccccc1C1(CNC(=O)c2cc([N+](=O)[O-])c(C)s2)CCOCC1. The van der Waals surface area contributed by atoms with Gasteiger partial charge in [0.1, 0.15) is 0 Å². The van der Waals surface area contributed by atoms with E-state index in [1.165, 1.54) is 17.2 Å². The zero-order valence-corrected chi connectivity index (χ0v) is 15.7. The maximum atomic E-state index is 12.6. The second-order valence-corrected chi connectivity index (χ2v) is 7.96. The Morgan fingerprint density at radius 1 is 1.31 bits per heavy atom. The Labute approximate surface area is 156 Å². The molecule has 0 saturated carbocycles. The van der Waals surface area contributed by atoms with Crippen LogP contribution in [0.1, 0.15) is 38.5 Å². The predicted molar refractivity (Wildman–Crippen MR) is 101 cm³/mol. The number of nitrogens with one attached hydrogen (secondary N) is 1. The Hall–Kier alpha value is -2.25. The highest BCUT2D eigenvalue weighted by Gasteiger charge is 2.36. The van der Waals surface area contributed by atoms with Gasteiger partial charge in [-0.25, -0.2) is 0 Å². The van der Waals surface area contributed by atoms with Crippen molar-refractivity contribution in [3.05, 3.63) is 61.3 Å². The molecule has 1 saturated heterocycles. The first kappa shape index (κ1) is 18.5. The summed E-state index contributed by atoms with van der Waals surface area (Å²) < 4.78 is 5.54. The normalized spacial score (nSPS) is 16.2. The fourth-order valence-electron chi connectivity index (χ4n) is 3.57. The molecule has 1 aromatic heterocycles. The minimum absolute atomic E-state index is 0.000154. The molecule has 2 heterocycles. The molecule has 1 aromatic carbocycles. The molecule has 1 aliphatic heterocycles. The van der Waals surface area contributed by atoms with E-state index < -0.39 is 4.92 Å². The molecule has 1 fully saturated rings. The van der Waals surface area contributed by atoms with Gasteiger partial charge in [-0.2, -0.15) is 0 Å². The van der Waals surface area contributed by atoms with Crippen LogP contribution in [-0.2, 0) is 10.2 Å². The van der Waals surface area contributed by atoms with Crippen molar-refractivity contribution in [1.82, 2.24) is 5.32 Å². The van der Waals surface area contributed by atoms with E-state index >= 15 is 0 Å². The summed E-state index contributed by atoms with van der Waals surface area (Å²) in [5, 5.41) is 14.0. The van der Waals surface area contributed by atoms with Crippen LogP contribution in [0.3, 0.4) is 0 Å². The fourth-order valence-corrected chi connectivity index (χ4v) is 4.48. The molecule has 0 atom stereocenters. The zero-order chi connectivity index (χ0) is 18.7. The zero-order valence-electron chi connectivity index (χ0n) is 14.9. The summed E-state index contributed by atoms with van der Waals surface area (Å²) in [5.41, 5.74) is 2.26. The van der Waals surface area contributed by atoms with Crippen LogP contribution in [0.15, 0.2) is 30.3 Å². The number of benzene rings is 1. The maximum Gasteiger partial charge on any atom is 0.283 e. The average molecular weight is 374 g/mol. The van der Waals surface area contributed by atoms with Crippen molar-refractivity contribution >= 4 is 22.9 Å². The highest BCUT2D eigenvalue weighted by atomic mass is 32.1. The van der Waals surface area contributed by atoms with Gasteiger partial charge in [0.15, 0.2) is 0 Å². The van der Waals surface area contributed by atoms with Crippen molar-refractivity contribution in [2.24, 2.45) is 0 Å². The number of thiophene rings is 1. The average Bonchev–Trinajstić information content (AvgIpc) is 3.03. The molecule has 26 heavy (non-hydrogen) atoms. The minimum Gasteiger partial charge on any atom is -0.381 e. The number of rotatable bonds is 5. The van der Waals surface area contributed by atoms with Crippen LogP contribution in [0.25, 0.3) is 0 Å². The lowest BCUT2D eigenvalue weighted by Gasteiger charge is -2.38. The van der Waals surface area contributed by atoms with Crippen molar-refractivity contribution in [3.8, 4) is 0 Å². The van der Waals surface area contributed by atoms with Gasteiger partial charge in [0.2, 0.25) is 0 Å². The molecule has 138 valence electrons. The molecular weight excluding hydrogens is 352 g/mol. The Morgan fingerprint density at radius 3 is 2.62 bits per heavy atom. The minimum atomic E-state index is -0.449. The van der Waals surface area contributed by atoms with Gasteiger partial charge in [0, 0.05) is 31.2 Å².